The van der Waals surface area contributed by atoms with Crippen molar-refractivity contribution in [2.75, 3.05) is 26.1 Å². The summed E-state index contributed by atoms with van der Waals surface area (Å²) in [5, 5.41) is 11.9. The van der Waals surface area contributed by atoms with Gasteiger partial charge in [-0.3, -0.25) is 4.79 Å². The fourth-order valence-electron chi connectivity index (χ4n) is 5.35. The normalized spacial score (nSPS) is 17.4. The van der Waals surface area contributed by atoms with Crippen LogP contribution >= 0.6 is 0 Å². The van der Waals surface area contributed by atoms with Gasteiger partial charge in [-0.05, 0) is 71.8 Å². The van der Waals surface area contributed by atoms with Crippen LogP contribution in [0.5, 0.6) is 17.2 Å². The standard InChI is InChI=1S/C36H35F3N2O8S/c1-46-30-8-5-7-27(23-30)32-35(19-22-50(44,45)31-9-3-2-4-10-31,34(43)40-24-25-11-15-29(16-12-25)49-36(37,38)39)41-33(48-32)26-13-17-28(18-14-26)47-21-6-20-42/h2-5,7-18,23,32,42H,6,19-22,24H2,1H3,(H,40,43)/t32-,35-/m1/s1. The number of carbonyl (C=O) groups excluding carboxylic acids is 1. The van der Waals surface area contributed by atoms with E-state index in [1.54, 1.807) is 66.7 Å². The van der Waals surface area contributed by atoms with E-state index in [1.807, 2.05) is 0 Å². The number of aliphatic imine (C=N–C) groups is 1. The van der Waals surface area contributed by atoms with Gasteiger partial charge in [0.25, 0.3) is 5.91 Å². The van der Waals surface area contributed by atoms with Crippen molar-refractivity contribution in [3.05, 3.63) is 120 Å². The van der Waals surface area contributed by atoms with Gasteiger partial charge in [0.1, 0.15) is 17.2 Å². The van der Waals surface area contributed by atoms with Gasteiger partial charge in [0, 0.05) is 31.6 Å². The summed E-state index contributed by atoms with van der Waals surface area (Å²) in [4.78, 5) is 19.3. The molecule has 0 spiro atoms. The number of sulfone groups is 1. The Morgan fingerprint density at radius 3 is 2.30 bits per heavy atom. The summed E-state index contributed by atoms with van der Waals surface area (Å²) < 4.78 is 86.5. The molecular weight excluding hydrogens is 677 g/mol. The Hall–Kier alpha value is -5.08. The Kier molecular flexibility index (Phi) is 11.3. The lowest BCUT2D eigenvalue weighted by Gasteiger charge is -2.31. The number of aliphatic hydroxyl groups is 1. The molecular formula is C36H35F3N2O8S. The van der Waals surface area contributed by atoms with E-state index in [0.717, 1.165) is 12.1 Å². The number of halogens is 3. The molecule has 0 aliphatic carbocycles. The Morgan fingerprint density at radius 2 is 1.64 bits per heavy atom. The molecule has 0 unspecified atom stereocenters. The quantitative estimate of drug-likeness (QED) is 0.148. The summed E-state index contributed by atoms with van der Waals surface area (Å²) >= 11 is 0. The minimum Gasteiger partial charge on any atom is -0.497 e. The van der Waals surface area contributed by atoms with Crippen LogP contribution in [-0.4, -0.2) is 63.3 Å². The molecule has 1 amide bonds. The van der Waals surface area contributed by atoms with Crippen molar-refractivity contribution < 1.29 is 50.4 Å². The number of rotatable bonds is 15. The lowest BCUT2D eigenvalue weighted by atomic mass is 9.85. The maximum Gasteiger partial charge on any atom is 0.573 e. The summed E-state index contributed by atoms with van der Waals surface area (Å²) in [6.45, 7) is 0.173. The molecule has 4 aromatic carbocycles. The molecule has 4 aromatic rings. The number of amides is 1. The first kappa shape index (κ1) is 36.2. The molecule has 0 saturated carbocycles. The zero-order valence-electron chi connectivity index (χ0n) is 26.9. The number of hydrogen-bond donors (Lipinski definition) is 2. The Morgan fingerprint density at radius 1 is 0.940 bits per heavy atom. The van der Waals surface area contributed by atoms with E-state index in [1.165, 1.54) is 31.4 Å². The van der Waals surface area contributed by atoms with Crippen LogP contribution < -0.4 is 19.5 Å². The van der Waals surface area contributed by atoms with Gasteiger partial charge in [0.2, 0.25) is 5.90 Å². The average molecular weight is 713 g/mol. The smallest absolute Gasteiger partial charge is 0.497 e. The molecule has 264 valence electrons. The largest absolute Gasteiger partial charge is 0.573 e. The third kappa shape index (κ3) is 8.93. The summed E-state index contributed by atoms with van der Waals surface area (Å²) in [5.74, 6) is -0.460. The zero-order chi connectivity index (χ0) is 35.8. The van der Waals surface area contributed by atoms with Crippen LogP contribution in [-0.2, 0) is 25.9 Å². The molecule has 1 aliphatic rings. The van der Waals surface area contributed by atoms with Gasteiger partial charge in [-0.2, -0.15) is 0 Å². The molecule has 0 radical (unpaired) electrons. The highest BCUT2D eigenvalue weighted by molar-refractivity contribution is 7.91. The van der Waals surface area contributed by atoms with E-state index < -0.39 is 45.3 Å². The maximum absolute atomic E-state index is 14.4. The van der Waals surface area contributed by atoms with Crippen LogP contribution in [0.15, 0.2) is 113 Å². The number of aliphatic hydroxyl groups excluding tert-OH is 1. The van der Waals surface area contributed by atoms with Gasteiger partial charge in [-0.1, -0.05) is 42.5 Å². The van der Waals surface area contributed by atoms with E-state index in [2.05, 4.69) is 10.1 Å². The molecule has 14 heteroatoms. The topological polar surface area (TPSA) is 133 Å². The molecule has 1 aliphatic heterocycles. The second-order valence-corrected chi connectivity index (χ2v) is 13.4. The monoisotopic (exact) mass is 712 g/mol. The molecule has 1 heterocycles. The number of benzene rings is 4. The van der Waals surface area contributed by atoms with Crippen molar-refractivity contribution in [3.8, 4) is 17.2 Å². The first-order valence-electron chi connectivity index (χ1n) is 15.6. The Balaban J connectivity index is 1.52. The third-order valence-corrected chi connectivity index (χ3v) is 9.62. The fourth-order valence-corrected chi connectivity index (χ4v) is 6.74. The van der Waals surface area contributed by atoms with Gasteiger partial charge in [0.15, 0.2) is 21.5 Å². The van der Waals surface area contributed by atoms with Crippen molar-refractivity contribution in [1.82, 2.24) is 5.32 Å². The van der Waals surface area contributed by atoms with Crippen LogP contribution in [0.25, 0.3) is 0 Å². The van der Waals surface area contributed by atoms with Crippen molar-refractivity contribution in [3.63, 3.8) is 0 Å². The lowest BCUT2D eigenvalue weighted by molar-refractivity contribution is -0.274. The van der Waals surface area contributed by atoms with Gasteiger partial charge >= 0.3 is 6.36 Å². The van der Waals surface area contributed by atoms with Crippen molar-refractivity contribution in [1.29, 1.82) is 0 Å². The maximum atomic E-state index is 14.4. The molecule has 10 nitrogen and oxygen atoms in total. The Bertz CT molecular complexity index is 1890. The number of carbonyl (C=O) groups is 1. The fraction of sp³-hybridized carbons (Fsp3) is 0.278. The molecule has 5 rings (SSSR count). The highest BCUT2D eigenvalue weighted by Crippen LogP contribution is 2.44. The Labute approximate surface area is 287 Å². The molecule has 0 saturated heterocycles. The van der Waals surface area contributed by atoms with Crippen LogP contribution in [0.4, 0.5) is 13.2 Å². The highest BCUT2D eigenvalue weighted by atomic mass is 32.2. The first-order valence-corrected chi connectivity index (χ1v) is 17.2. The van der Waals surface area contributed by atoms with Crippen LogP contribution in [0.3, 0.4) is 0 Å². The minimum absolute atomic E-state index is 0.0175. The van der Waals surface area contributed by atoms with Crippen molar-refractivity contribution >= 4 is 21.6 Å². The van der Waals surface area contributed by atoms with Gasteiger partial charge in [-0.15, -0.1) is 13.2 Å². The van der Waals surface area contributed by atoms with E-state index >= 15 is 0 Å². The van der Waals surface area contributed by atoms with E-state index in [-0.39, 0.29) is 30.4 Å². The van der Waals surface area contributed by atoms with Crippen molar-refractivity contribution in [2.45, 2.75) is 42.3 Å². The summed E-state index contributed by atoms with van der Waals surface area (Å²) in [7, 11) is -2.41. The molecule has 2 N–H and O–H groups in total. The number of methoxy groups -OCH3 is 1. The molecule has 2 atom stereocenters. The average Bonchev–Trinajstić information content (AvgIpc) is 3.51. The van der Waals surface area contributed by atoms with Crippen LogP contribution in [0.1, 0.15) is 35.6 Å². The number of ether oxygens (including phenoxy) is 4. The first-order chi connectivity index (χ1) is 23.9. The second-order valence-electron chi connectivity index (χ2n) is 11.3. The van der Waals surface area contributed by atoms with E-state index in [4.69, 9.17) is 24.3 Å². The number of nitrogens with one attached hydrogen (secondary N) is 1. The SMILES string of the molecule is COc1cccc([C@H]2OC(c3ccc(OCCCO)cc3)=N[C@@]2(CCS(=O)(=O)c2ccccc2)C(=O)NCc2ccc(OC(F)(F)F)cc2)c1. The van der Waals surface area contributed by atoms with Crippen LogP contribution in [0.2, 0.25) is 0 Å². The number of alkyl halides is 3. The minimum atomic E-state index is -4.86. The van der Waals surface area contributed by atoms with Crippen molar-refractivity contribution in [2.24, 2.45) is 4.99 Å². The van der Waals surface area contributed by atoms with Crippen LogP contribution in [0, 0.1) is 0 Å². The van der Waals surface area contributed by atoms with E-state index in [9.17, 15) is 26.4 Å². The van der Waals surface area contributed by atoms with Gasteiger partial charge in [-0.25, -0.2) is 13.4 Å². The lowest BCUT2D eigenvalue weighted by Crippen LogP contribution is -2.49. The molecule has 0 aromatic heterocycles. The third-order valence-electron chi connectivity index (χ3n) is 7.89. The van der Waals surface area contributed by atoms with Gasteiger partial charge in [0.05, 0.1) is 24.4 Å². The summed E-state index contributed by atoms with van der Waals surface area (Å²) in [5.41, 5.74) is -0.377. The predicted molar refractivity (Wildman–Crippen MR) is 178 cm³/mol. The molecule has 0 bridgehead atoms. The summed E-state index contributed by atoms with van der Waals surface area (Å²) in [6.07, 6.45) is -5.80. The summed E-state index contributed by atoms with van der Waals surface area (Å²) in [6, 6.07) is 26.4. The highest BCUT2D eigenvalue weighted by Gasteiger charge is 2.53. The van der Waals surface area contributed by atoms with E-state index in [0.29, 0.717) is 41.2 Å². The number of hydrogen-bond acceptors (Lipinski definition) is 9. The second kappa shape index (κ2) is 15.6. The zero-order valence-corrected chi connectivity index (χ0v) is 27.7. The molecule has 0 fully saturated rings. The number of nitrogens with zero attached hydrogens (tertiary/aromatic N) is 1. The van der Waals surface area contributed by atoms with Gasteiger partial charge < -0.3 is 29.4 Å². The predicted octanol–water partition coefficient (Wildman–Crippen LogP) is 5.79. The molecule has 50 heavy (non-hydrogen) atoms.